The van der Waals surface area contributed by atoms with Crippen molar-refractivity contribution >= 4 is 9.84 Å². The van der Waals surface area contributed by atoms with Crippen molar-refractivity contribution in [3.8, 4) is 0 Å². The van der Waals surface area contributed by atoms with Crippen LogP contribution < -0.4 is 5.73 Å². The minimum atomic E-state index is -3.06. The number of nitrogens with zero attached hydrogens (tertiary/aromatic N) is 1. The summed E-state index contributed by atoms with van der Waals surface area (Å²) < 4.78 is 25.0. The van der Waals surface area contributed by atoms with Gasteiger partial charge in [0.2, 0.25) is 0 Å². The molecule has 1 aromatic heterocycles. The third-order valence-corrected chi connectivity index (χ3v) is 5.44. The molecule has 0 aliphatic rings. The van der Waals surface area contributed by atoms with Crippen LogP contribution in [-0.2, 0) is 16.4 Å². The van der Waals surface area contributed by atoms with Gasteiger partial charge in [0.15, 0.2) is 9.84 Å². The summed E-state index contributed by atoms with van der Waals surface area (Å²) in [5, 5.41) is 0. The number of hydrogen-bond donors (Lipinski definition) is 1. The largest absolute Gasteiger partial charge is 0.353 e. The predicted octanol–water partition coefficient (Wildman–Crippen LogP) is 1.72. The molecule has 1 unspecified atom stereocenters. The quantitative estimate of drug-likeness (QED) is 0.894. The third-order valence-electron chi connectivity index (χ3n) is 2.85. The Morgan fingerprint density at radius 3 is 2.41 bits per heavy atom. The molecule has 0 spiro atoms. The molecule has 98 valence electrons. The molecule has 1 atom stereocenters. The van der Waals surface area contributed by atoms with E-state index in [0.29, 0.717) is 6.54 Å². The van der Waals surface area contributed by atoms with Crippen LogP contribution in [0.3, 0.4) is 0 Å². The summed E-state index contributed by atoms with van der Waals surface area (Å²) in [6, 6.07) is 1.91. The van der Waals surface area contributed by atoms with Crippen molar-refractivity contribution in [2.45, 2.75) is 45.0 Å². The maximum absolute atomic E-state index is 11.9. The highest BCUT2D eigenvalue weighted by Crippen LogP contribution is 2.17. The van der Waals surface area contributed by atoms with Gasteiger partial charge in [-0.05, 0) is 39.3 Å². The van der Waals surface area contributed by atoms with E-state index in [1.807, 2.05) is 30.0 Å². The Balaban J connectivity index is 2.68. The third kappa shape index (κ3) is 3.57. The first-order valence-electron chi connectivity index (χ1n) is 5.77. The van der Waals surface area contributed by atoms with Gasteiger partial charge in [-0.1, -0.05) is 0 Å². The highest BCUT2D eigenvalue weighted by molar-refractivity contribution is 7.92. The van der Waals surface area contributed by atoms with E-state index in [0.717, 1.165) is 5.56 Å². The molecule has 1 heterocycles. The van der Waals surface area contributed by atoms with Crippen LogP contribution in [0.1, 0.15) is 39.3 Å². The topological polar surface area (TPSA) is 65.1 Å². The summed E-state index contributed by atoms with van der Waals surface area (Å²) in [6.07, 6.45) is 3.78. The van der Waals surface area contributed by atoms with Crippen LogP contribution >= 0.6 is 0 Å². The van der Waals surface area contributed by atoms with Gasteiger partial charge < -0.3 is 10.3 Å². The molecule has 0 saturated heterocycles. The van der Waals surface area contributed by atoms with E-state index < -0.39 is 14.6 Å². The van der Waals surface area contributed by atoms with Gasteiger partial charge in [0.1, 0.15) is 0 Å². The van der Waals surface area contributed by atoms with Gasteiger partial charge in [-0.15, -0.1) is 0 Å². The second-order valence-electron chi connectivity index (χ2n) is 5.40. The van der Waals surface area contributed by atoms with E-state index in [-0.39, 0.29) is 11.8 Å². The first-order valence-corrected chi connectivity index (χ1v) is 7.42. The minimum Gasteiger partial charge on any atom is -0.353 e. The fourth-order valence-electron chi connectivity index (χ4n) is 1.40. The van der Waals surface area contributed by atoms with Crippen LogP contribution in [-0.4, -0.2) is 23.5 Å². The second kappa shape index (κ2) is 4.82. The molecular weight excluding hydrogens is 236 g/mol. The molecule has 0 fully saturated rings. The molecule has 17 heavy (non-hydrogen) atoms. The number of rotatable bonds is 4. The number of nitrogens with two attached hydrogens (primary N) is 1. The van der Waals surface area contributed by atoms with Crippen molar-refractivity contribution < 1.29 is 8.42 Å². The zero-order valence-corrected chi connectivity index (χ0v) is 11.8. The van der Waals surface area contributed by atoms with Crippen molar-refractivity contribution in [2.75, 3.05) is 5.75 Å². The summed E-state index contributed by atoms with van der Waals surface area (Å²) in [5.74, 6) is 0.156. The van der Waals surface area contributed by atoms with E-state index >= 15 is 0 Å². The van der Waals surface area contributed by atoms with Crippen LogP contribution in [0, 0.1) is 0 Å². The maximum Gasteiger partial charge on any atom is 0.156 e. The number of aromatic nitrogens is 1. The summed E-state index contributed by atoms with van der Waals surface area (Å²) in [6.45, 7) is 7.57. The molecule has 2 N–H and O–H groups in total. The van der Waals surface area contributed by atoms with Crippen molar-refractivity contribution in [1.29, 1.82) is 0 Å². The lowest BCUT2D eigenvalue weighted by Gasteiger charge is -2.19. The van der Waals surface area contributed by atoms with Crippen LogP contribution in [0.15, 0.2) is 18.5 Å². The first kappa shape index (κ1) is 14.3. The molecule has 1 aromatic rings. The van der Waals surface area contributed by atoms with Crippen molar-refractivity contribution in [3.05, 3.63) is 24.0 Å². The van der Waals surface area contributed by atoms with Crippen molar-refractivity contribution in [1.82, 2.24) is 4.57 Å². The van der Waals surface area contributed by atoms with Gasteiger partial charge in [-0.2, -0.15) is 0 Å². The summed E-state index contributed by atoms with van der Waals surface area (Å²) >= 11 is 0. The summed E-state index contributed by atoms with van der Waals surface area (Å²) in [7, 11) is -3.06. The highest BCUT2D eigenvalue weighted by atomic mass is 32.2. The standard InChI is InChI=1S/C12H22N2O2S/c1-10(13)11-5-6-14(9-11)7-8-17(15,16)12(2,3)4/h5-6,9-10H,7-8,13H2,1-4H3. The van der Waals surface area contributed by atoms with E-state index in [4.69, 9.17) is 5.73 Å². The number of aryl methyl sites for hydroxylation is 1. The normalized spacial score (nSPS) is 14.9. The van der Waals surface area contributed by atoms with Crippen LogP contribution in [0.4, 0.5) is 0 Å². The zero-order chi connectivity index (χ0) is 13.3. The van der Waals surface area contributed by atoms with Crippen LogP contribution in [0.25, 0.3) is 0 Å². The zero-order valence-electron chi connectivity index (χ0n) is 11.0. The van der Waals surface area contributed by atoms with E-state index in [1.165, 1.54) is 0 Å². The minimum absolute atomic E-state index is 0.0181. The Labute approximate surface area is 104 Å². The fraction of sp³-hybridized carbons (Fsp3) is 0.667. The van der Waals surface area contributed by atoms with E-state index in [2.05, 4.69) is 0 Å². The fourth-order valence-corrected chi connectivity index (χ4v) is 2.46. The molecule has 0 aliphatic heterocycles. The summed E-state index contributed by atoms with van der Waals surface area (Å²) in [4.78, 5) is 0. The molecule has 0 aliphatic carbocycles. The van der Waals surface area contributed by atoms with Crippen LogP contribution in [0.2, 0.25) is 0 Å². The summed E-state index contributed by atoms with van der Waals surface area (Å²) in [5.41, 5.74) is 6.77. The number of sulfone groups is 1. The SMILES string of the molecule is CC(N)c1ccn(CCS(=O)(=O)C(C)(C)C)c1. The Bertz CT molecular complexity index is 467. The average molecular weight is 258 g/mol. The average Bonchev–Trinajstić information content (AvgIpc) is 2.61. The Morgan fingerprint density at radius 1 is 1.41 bits per heavy atom. The monoisotopic (exact) mass is 258 g/mol. The lowest BCUT2D eigenvalue weighted by atomic mass is 10.2. The second-order valence-corrected chi connectivity index (χ2v) is 8.27. The first-order chi connectivity index (χ1) is 7.63. The van der Waals surface area contributed by atoms with E-state index in [1.54, 1.807) is 20.8 Å². The van der Waals surface area contributed by atoms with Gasteiger partial charge in [0.25, 0.3) is 0 Å². The van der Waals surface area contributed by atoms with Crippen molar-refractivity contribution in [2.24, 2.45) is 5.73 Å². The molecule has 1 rings (SSSR count). The molecule has 4 nitrogen and oxygen atoms in total. The Hall–Kier alpha value is -0.810. The van der Waals surface area contributed by atoms with Crippen LogP contribution in [0.5, 0.6) is 0 Å². The molecule has 5 heteroatoms. The maximum atomic E-state index is 11.9. The molecule has 0 saturated carbocycles. The molecule has 0 amide bonds. The Morgan fingerprint density at radius 2 is 2.00 bits per heavy atom. The molecule has 0 bridgehead atoms. The Kier molecular flexibility index (Phi) is 4.04. The van der Waals surface area contributed by atoms with Gasteiger partial charge in [0.05, 0.1) is 10.5 Å². The predicted molar refractivity (Wildman–Crippen MR) is 70.6 cm³/mol. The lowest BCUT2D eigenvalue weighted by molar-refractivity contribution is 0.554. The highest BCUT2D eigenvalue weighted by Gasteiger charge is 2.28. The van der Waals surface area contributed by atoms with Gasteiger partial charge in [0, 0.05) is 25.0 Å². The smallest absolute Gasteiger partial charge is 0.156 e. The van der Waals surface area contributed by atoms with Gasteiger partial charge in [-0.25, -0.2) is 8.42 Å². The van der Waals surface area contributed by atoms with Gasteiger partial charge in [-0.3, -0.25) is 0 Å². The molecular formula is C12H22N2O2S. The number of hydrogen-bond acceptors (Lipinski definition) is 3. The molecule has 0 radical (unpaired) electrons. The molecule has 0 aromatic carbocycles. The van der Waals surface area contributed by atoms with Gasteiger partial charge >= 0.3 is 0 Å². The lowest BCUT2D eigenvalue weighted by Crippen LogP contribution is -2.31. The van der Waals surface area contributed by atoms with E-state index in [9.17, 15) is 8.42 Å². The van der Waals surface area contributed by atoms with Crippen molar-refractivity contribution in [3.63, 3.8) is 0 Å².